The first-order valence-electron chi connectivity index (χ1n) is 3.79. The lowest BCUT2D eigenvalue weighted by Gasteiger charge is -2.03. The molecule has 0 saturated heterocycles. The van der Waals surface area contributed by atoms with Crippen LogP contribution in [0.2, 0.25) is 0 Å². The van der Waals surface area contributed by atoms with Gasteiger partial charge in [-0.15, -0.1) is 0 Å². The van der Waals surface area contributed by atoms with Crippen molar-refractivity contribution in [3.8, 4) is 5.88 Å². The van der Waals surface area contributed by atoms with E-state index >= 15 is 0 Å². The molecule has 0 spiro atoms. The van der Waals surface area contributed by atoms with Gasteiger partial charge in [-0.25, -0.2) is 4.98 Å². The molecule has 0 radical (unpaired) electrons. The number of pyridine rings is 1. The normalized spacial score (nSPS) is 9.62. The summed E-state index contributed by atoms with van der Waals surface area (Å²) in [5.74, 6) is 0.260. The fourth-order valence-electron chi connectivity index (χ4n) is 0.795. The molecule has 1 rings (SSSR count). The molecule has 0 unspecified atom stereocenters. The molecule has 5 nitrogen and oxygen atoms in total. The van der Waals surface area contributed by atoms with Gasteiger partial charge in [-0.05, 0) is 6.07 Å². The number of rotatable bonds is 4. The van der Waals surface area contributed by atoms with Crippen molar-refractivity contribution in [2.45, 2.75) is 0 Å². The average molecular weight is 181 g/mol. The van der Waals surface area contributed by atoms with Gasteiger partial charge in [-0.3, -0.25) is 5.41 Å². The zero-order valence-electron chi connectivity index (χ0n) is 7.03. The Balaban J connectivity index is 2.73. The van der Waals surface area contributed by atoms with E-state index in [0.29, 0.717) is 11.6 Å². The van der Waals surface area contributed by atoms with Crippen molar-refractivity contribution in [1.82, 2.24) is 4.98 Å². The van der Waals surface area contributed by atoms with Crippen molar-refractivity contribution in [3.05, 3.63) is 23.9 Å². The Bertz CT molecular complexity index is 301. The maximum atomic E-state index is 8.49. The fraction of sp³-hybridized carbons (Fsp3) is 0.250. The quantitative estimate of drug-likeness (QED) is 0.440. The van der Waals surface area contributed by atoms with Gasteiger partial charge in [0.1, 0.15) is 18.1 Å². The van der Waals surface area contributed by atoms with E-state index in [9.17, 15) is 0 Å². The average Bonchev–Trinajstić information content (AvgIpc) is 2.15. The lowest BCUT2D eigenvalue weighted by molar-refractivity contribution is 0.196. The van der Waals surface area contributed by atoms with E-state index in [1.165, 1.54) is 0 Å². The Kier molecular flexibility index (Phi) is 3.22. The van der Waals surface area contributed by atoms with E-state index < -0.39 is 0 Å². The van der Waals surface area contributed by atoms with Crippen LogP contribution in [0.15, 0.2) is 18.2 Å². The molecule has 1 aromatic rings. The van der Waals surface area contributed by atoms with Crippen molar-refractivity contribution in [1.29, 1.82) is 5.41 Å². The van der Waals surface area contributed by atoms with Crippen LogP contribution in [0.1, 0.15) is 5.69 Å². The number of nitrogens with one attached hydrogen (secondary N) is 1. The van der Waals surface area contributed by atoms with Crippen molar-refractivity contribution >= 4 is 5.84 Å². The highest BCUT2D eigenvalue weighted by Gasteiger charge is 1.99. The Labute approximate surface area is 75.7 Å². The minimum absolute atomic E-state index is 0.0635. The van der Waals surface area contributed by atoms with Gasteiger partial charge < -0.3 is 15.6 Å². The summed E-state index contributed by atoms with van der Waals surface area (Å²) in [6, 6.07) is 4.95. The maximum Gasteiger partial charge on any atom is 0.213 e. The lowest BCUT2D eigenvalue weighted by Crippen LogP contribution is -2.13. The second-order valence-corrected chi connectivity index (χ2v) is 2.35. The number of aliphatic hydroxyl groups is 1. The molecule has 70 valence electrons. The van der Waals surface area contributed by atoms with Crippen LogP contribution in [0.25, 0.3) is 0 Å². The number of hydrogen-bond donors (Lipinski definition) is 3. The Morgan fingerprint density at radius 1 is 1.62 bits per heavy atom. The molecule has 1 aromatic heterocycles. The SMILES string of the molecule is N=C(N)c1cccc(OCCO)n1. The maximum absolute atomic E-state index is 8.49. The van der Waals surface area contributed by atoms with E-state index in [-0.39, 0.29) is 19.0 Å². The lowest BCUT2D eigenvalue weighted by atomic mass is 10.3. The molecule has 0 aromatic carbocycles. The van der Waals surface area contributed by atoms with Crippen LogP contribution in [-0.2, 0) is 0 Å². The van der Waals surface area contributed by atoms with Crippen molar-refractivity contribution in [2.24, 2.45) is 5.73 Å². The Morgan fingerprint density at radius 3 is 3.00 bits per heavy atom. The van der Waals surface area contributed by atoms with E-state index in [0.717, 1.165) is 0 Å². The second-order valence-electron chi connectivity index (χ2n) is 2.35. The minimum Gasteiger partial charge on any atom is -0.475 e. The van der Waals surface area contributed by atoms with E-state index in [2.05, 4.69) is 4.98 Å². The van der Waals surface area contributed by atoms with E-state index in [1.807, 2.05) is 0 Å². The predicted molar refractivity (Wildman–Crippen MR) is 47.8 cm³/mol. The van der Waals surface area contributed by atoms with Gasteiger partial charge in [0.25, 0.3) is 0 Å². The molecular formula is C8H11N3O2. The third-order valence-electron chi connectivity index (χ3n) is 1.34. The topological polar surface area (TPSA) is 92.2 Å². The van der Waals surface area contributed by atoms with Crippen molar-refractivity contribution in [3.63, 3.8) is 0 Å². The van der Waals surface area contributed by atoms with Crippen LogP contribution in [0, 0.1) is 5.41 Å². The smallest absolute Gasteiger partial charge is 0.213 e. The van der Waals surface area contributed by atoms with Gasteiger partial charge in [-0.1, -0.05) is 6.07 Å². The Morgan fingerprint density at radius 2 is 2.38 bits per heavy atom. The highest BCUT2D eigenvalue weighted by molar-refractivity contribution is 5.93. The summed E-state index contributed by atoms with van der Waals surface area (Å²) in [6.07, 6.45) is 0. The molecule has 5 heteroatoms. The van der Waals surface area contributed by atoms with Crippen LogP contribution < -0.4 is 10.5 Å². The number of nitrogens with two attached hydrogens (primary N) is 1. The zero-order chi connectivity index (χ0) is 9.68. The number of aromatic nitrogens is 1. The molecule has 1 heterocycles. The number of aliphatic hydroxyl groups excluding tert-OH is 1. The van der Waals surface area contributed by atoms with Gasteiger partial charge in [0.15, 0.2) is 0 Å². The molecule has 0 aliphatic carbocycles. The first kappa shape index (κ1) is 9.47. The van der Waals surface area contributed by atoms with Gasteiger partial charge >= 0.3 is 0 Å². The third kappa shape index (κ3) is 2.72. The van der Waals surface area contributed by atoms with Crippen molar-refractivity contribution in [2.75, 3.05) is 13.2 Å². The molecule has 0 fully saturated rings. The number of hydrogen-bond acceptors (Lipinski definition) is 4. The zero-order valence-corrected chi connectivity index (χ0v) is 7.03. The van der Waals surface area contributed by atoms with E-state index in [1.54, 1.807) is 18.2 Å². The fourth-order valence-corrected chi connectivity index (χ4v) is 0.795. The van der Waals surface area contributed by atoms with Gasteiger partial charge in [0.05, 0.1) is 6.61 Å². The predicted octanol–water partition coefficient (Wildman–Crippen LogP) is -0.263. The second kappa shape index (κ2) is 4.42. The first-order valence-corrected chi connectivity index (χ1v) is 3.79. The highest BCUT2D eigenvalue weighted by atomic mass is 16.5. The van der Waals surface area contributed by atoms with Crippen molar-refractivity contribution < 1.29 is 9.84 Å². The van der Waals surface area contributed by atoms with Gasteiger partial charge in [0.2, 0.25) is 5.88 Å². The van der Waals surface area contributed by atoms with E-state index in [4.69, 9.17) is 21.0 Å². The van der Waals surface area contributed by atoms with Crippen LogP contribution >= 0.6 is 0 Å². The number of ether oxygens (including phenoxy) is 1. The van der Waals surface area contributed by atoms with Crippen LogP contribution in [0.4, 0.5) is 0 Å². The summed E-state index contributed by atoms with van der Waals surface area (Å²) >= 11 is 0. The third-order valence-corrected chi connectivity index (χ3v) is 1.34. The van der Waals surface area contributed by atoms with Gasteiger partial charge in [0, 0.05) is 6.07 Å². The number of nitrogens with zero attached hydrogens (tertiary/aromatic N) is 1. The number of amidine groups is 1. The summed E-state index contributed by atoms with van der Waals surface area (Å²) in [5, 5.41) is 15.6. The molecule has 0 saturated carbocycles. The summed E-state index contributed by atoms with van der Waals surface area (Å²) in [7, 11) is 0. The molecule has 13 heavy (non-hydrogen) atoms. The molecule has 4 N–H and O–H groups in total. The molecule has 0 amide bonds. The molecular weight excluding hydrogens is 170 g/mol. The first-order chi connectivity index (χ1) is 6.24. The highest BCUT2D eigenvalue weighted by Crippen LogP contribution is 2.06. The summed E-state index contributed by atoms with van der Waals surface area (Å²) in [6.45, 7) is 0.125. The van der Waals surface area contributed by atoms with Gasteiger partial charge in [-0.2, -0.15) is 0 Å². The molecule has 0 bridgehead atoms. The Hall–Kier alpha value is -1.62. The van der Waals surface area contributed by atoms with Crippen LogP contribution in [0.5, 0.6) is 5.88 Å². The minimum atomic E-state index is -0.102. The summed E-state index contributed by atoms with van der Waals surface area (Å²) in [4.78, 5) is 3.93. The standard InChI is InChI=1S/C8H11N3O2/c9-8(10)6-2-1-3-7(11-6)13-5-4-12/h1-3,12H,4-5H2,(H3,9,10). The monoisotopic (exact) mass is 181 g/mol. The molecule has 0 aliphatic heterocycles. The van der Waals surface area contributed by atoms with Crippen LogP contribution in [0.3, 0.4) is 0 Å². The molecule has 0 aliphatic rings. The summed E-state index contributed by atoms with van der Waals surface area (Å²) < 4.78 is 5.03. The number of nitrogen functional groups attached to an aromatic ring is 1. The molecule has 0 atom stereocenters. The summed E-state index contributed by atoms with van der Waals surface area (Å²) in [5.41, 5.74) is 5.60. The largest absolute Gasteiger partial charge is 0.475 e. The van der Waals surface area contributed by atoms with Crippen LogP contribution in [-0.4, -0.2) is 29.1 Å².